The van der Waals surface area contributed by atoms with Crippen molar-refractivity contribution in [3.8, 4) is 11.6 Å². The van der Waals surface area contributed by atoms with Crippen LogP contribution >= 0.6 is 15.9 Å². The highest BCUT2D eigenvalue weighted by Gasteiger charge is 2.11. The van der Waals surface area contributed by atoms with Crippen molar-refractivity contribution in [1.29, 1.82) is 0 Å². The van der Waals surface area contributed by atoms with Crippen molar-refractivity contribution in [2.24, 2.45) is 0 Å². The van der Waals surface area contributed by atoms with Crippen LogP contribution in [0.1, 0.15) is 15.9 Å². The zero-order valence-electron chi connectivity index (χ0n) is 10.6. The quantitative estimate of drug-likeness (QED) is 0.778. The second-order valence-corrected chi connectivity index (χ2v) is 5.09. The normalized spacial score (nSPS) is 10.7. The zero-order valence-corrected chi connectivity index (χ0v) is 12.2. The van der Waals surface area contributed by atoms with E-state index in [-0.39, 0.29) is 5.56 Å². The van der Waals surface area contributed by atoms with E-state index in [2.05, 4.69) is 31.3 Å². The van der Waals surface area contributed by atoms with E-state index in [9.17, 15) is 4.79 Å². The van der Waals surface area contributed by atoms with Gasteiger partial charge in [-0.15, -0.1) is 10.2 Å². The van der Waals surface area contributed by atoms with Gasteiger partial charge in [-0.25, -0.2) is 4.79 Å². The third-order valence-electron chi connectivity index (χ3n) is 2.81. The summed E-state index contributed by atoms with van der Waals surface area (Å²) in [4.78, 5) is 12.3. The number of benzene rings is 1. The van der Waals surface area contributed by atoms with Gasteiger partial charge < -0.3 is 9.52 Å². The number of halogens is 1. The van der Waals surface area contributed by atoms with Crippen LogP contribution in [-0.2, 0) is 6.54 Å². The molecule has 0 saturated heterocycles. The molecule has 0 spiro atoms. The summed E-state index contributed by atoms with van der Waals surface area (Å²) in [5.41, 5.74) is 1.07. The van der Waals surface area contributed by atoms with Crippen molar-refractivity contribution >= 4 is 21.9 Å². The van der Waals surface area contributed by atoms with E-state index >= 15 is 0 Å². The summed E-state index contributed by atoms with van der Waals surface area (Å²) in [6.07, 6.45) is 1.54. The first kappa shape index (κ1) is 13.5. The van der Waals surface area contributed by atoms with Crippen molar-refractivity contribution in [2.45, 2.75) is 6.54 Å². The maximum absolute atomic E-state index is 10.9. The van der Waals surface area contributed by atoms with E-state index in [4.69, 9.17) is 9.52 Å². The van der Waals surface area contributed by atoms with Gasteiger partial charge in [-0.1, -0.05) is 22.0 Å². The second-order valence-electron chi connectivity index (χ2n) is 4.23. The van der Waals surface area contributed by atoms with E-state index in [1.165, 1.54) is 17.1 Å². The molecule has 0 fully saturated rings. The van der Waals surface area contributed by atoms with Gasteiger partial charge in [-0.2, -0.15) is 4.80 Å². The van der Waals surface area contributed by atoms with Crippen LogP contribution in [-0.4, -0.2) is 31.3 Å². The summed E-state index contributed by atoms with van der Waals surface area (Å²) in [6, 6.07) is 8.29. The molecule has 0 aliphatic heterocycles. The smallest absolute Gasteiger partial charge is 0.335 e. The Kier molecular flexibility index (Phi) is 3.53. The molecule has 1 aromatic carbocycles. The summed E-state index contributed by atoms with van der Waals surface area (Å²) in [5, 5.41) is 21.0. The van der Waals surface area contributed by atoms with Gasteiger partial charge in [0.2, 0.25) is 5.82 Å². The summed E-state index contributed by atoms with van der Waals surface area (Å²) in [5.74, 6) is -0.0268. The van der Waals surface area contributed by atoms with Gasteiger partial charge in [0.25, 0.3) is 0 Å². The first-order valence-corrected chi connectivity index (χ1v) is 6.76. The molecule has 2 heterocycles. The van der Waals surface area contributed by atoms with Gasteiger partial charge in [-0.05, 0) is 35.0 Å². The molecule has 0 bridgehead atoms. The van der Waals surface area contributed by atoms with Crippen LogP contribution in [0.2, 0.25) is 0 Å². The second kappa shape index (κ2) is 5.49. The van der Waals surface area contributed by atoms with Gasteiger partial charge >= 0.3 is 5.97 Å². The van der Waals surface area contributed by atoms with Crippen LogP contribution in [0.4, 0.5) is 0 Å². The van der Waals surface area contributed by atoms with Crippen LogP contribution in [0.25, 0.3) is 11.6 Å². The predicted octanol–water partition coefficient (Wildman–Crippen LogP) is 2.44. The summed E-state index contributed by atoms with van der Waals surface area (Å²) in [6.45, 7) is 0.369. The molecular weight excluding hydrogens is 340 g/mol. The molecule has 3 aromatic rings. The molecular formula is C13H9BrN4O3. The fourth-order valence-electron chi connectivity index (χ4n) is 1.78. The molecule has 8 heteroatoms. The molecule has 21 heavy (non-hydrogen) atoms. The number of tetrazole rings is 1. The Hall–Kier alpha value is -2.48. The maximum atomic E-state index is 10.9. The number of furan rings is 1. The number of aromatic nitrogens is 4. The highest BCUT2D eigenvalue weighted by molar-refractivity contribution is 9.10. The van der Waals surface area contributed by atoms with Crippen LogP contribution in [0.5, 0.6) is 0 Å². The molecule has 7 nitrogen and oxygen atoms in total. The lowest BCUT2D eigenvalue weighted by Gasteiger charge is -2.04. The van der Waals surface area contributed by atoms with E-state index in [1.54, 1.807) is 24.3 Å². The summed E-state index contributed by atoms with van der Waals surface area (Å²) < 4.78 is 5.88. The number of carbonyl (C=O) groups is 1. The molecule has 106 valence electrons. The average molecular weight is 349 g/mol. The monoisotopic (exact) mass is 348 g/mol. The molecule has 0 amide bonds. The number of carboxylic acids is 1. The van der Waals surface area contributed by atoms with Crippen LogP contribution in [0.3, 0.4) is 0 Å². The molecule has 0 aliphatic carbocycles. The fraction of sp³-hybridized carbons (Fsp3) is 0.0769. The third kappa shape index (κ3) is 2.84. The Labute approximate surface area is 127 Å². The standard InChI is InChI=1S/C13H9BrN4O3/c14-10-6-8(13(19)20)3-4-9(10)7-18-16-12(15-17-18)11-2-1-5-21-11/h1-6H,7H2,(H,19,20). The topological polar surface area (TPSA) is 94.0 Å². The highest BCUT2D eigenvalue weighted by atomic mass is 79.9. The van der Waals surface area contributed by atoms with Gasteiger partial charge in [0, 0.05) is 4.47 Å². The van der Waals surface area contributed by atoms with Gasteiger partial charge in [0.05, 0.1) is 18.4 Å². The Morgan fingerprint density at radius 3 is 2.90 bits per heavy atom. The Morgan fingerprint density at radius 2 is 2.24 bits per heavy atom. The molecule has 0 radical (unpaired) electrons. The van der Waals surface area contributed by atoms with Crippen molar-refractivity contribution in [3.05, 3.63) is 52.2 Å². The predicted molar refractivity (Wildman–Crippen MR) is 75.7 cm³/mol. The minimum Gasteiger partial charge on any atom is -0.478 e. The molecule has 0 aliphatic rings. The fourth-order valence-corrected chi connectivity index (χ4v) is 2.28. The van der Waals surface area contributed by atoms with E-state index in [0.717, 1.165) is 5.56 Å². The zero-order chi connectivity index (χ0) is 14.8. The lowest BCUT2D eigenvalue weighted by molar-refractivity contribution is 0.0697. The molecule has 0 unspecified atom stereocenters. The minimum absolute atomic E-state index is 0.216. The molecule has 1 N–H and O–H groups in total. The largest absolute Gasteiger partial charge is 0.478 e. The molecule has 3 rings (SSSR count). The number of carboxylic acid groups (broad SMARTS) is 1. The Bertz CT molecular complexity index is 783. The molecule has 0 atom stereocenters. The highest BCUT2D eigenvalue weighted by Crippen LogP contribution is 2.20. The Morgan fingerprint density at radius 1 is 1.38 bits per heavy atom. The minimum atomic E-state index is -0.971. The first-order valence-electron chi connectivity index (χ1n) is 5.97. The van der Waals surface area contributed by atoms with Crippen molar-refractivity contribution in [3.63, 3.8) is 0 Å². The SMILES string of the molecule is O=C(O)c1ccc(Cn2nnc(-c3ccco3)n2)c(Br)c1. The summed E-state index contributed by atoms with van der Waals surface area (Å²) in [7, 11) is 0. The van der Waals surface area contributed by atoms with Crippen LogP contribution in [0.15, 0.2) is 45.5 Å². The number of rotatable bonds is 4. The number of aromatic carboxylic acids is 1. The number of hydrogen-bond acceptors (Lipinski definition) is 5. The number of nitrogens with zero attached hydrogens (tertiary/aromatic N) is 4. The number of hydrogen-bond donors (Lipinski definition) is 1. The molecule has 0 saturated carbocycles. The van der Waals surface area contributed by atoms with Crippen LogP contribution in [0, 0.1) is 0 Å². The van der Waals surface area contributed by atoms with Crippen molar-refractivity contribution in [2.75, 3.05) is 0 Å². The summed E-state index contributed by atoms with van der Waals surface area (Å²) >= 11 is 3.35. The van der Waals surface area contributed by atoms with Crippen LogP contribution < -0.4 is 0 Å². The lowest BCUT2D eigenvalue weighted by Crippen LogP contribution is -2.06. The Balaban J connectivity index is 1.82. The van der Waals surface area contributed by atoms with Gasteiger partial charge in [-0.3, -0.25) is 0 Å². The maximum Gasteiger partial charge on any atom is 0.335 e. The van der Waals surface area contributed by atoms with E-state index in [0.29, 0.717) is 22.6 Å². The average Bonchev–Trinajstić information content (AvgIpc) is 3.11. The van der Waals surface area contributed by atoms with Crippen molar-refractivity contribution in [1.82, 2.24) is 20.2 Å². The lowest BCUT2D eigenvalue weighted by atomic mass is 10.1. The molecule has 2 aromatic heterocycles. The van der Waals surface area contributed by atoms with Crippen molar-refractivity contribution < 1.29 is 14.3 Å². The first-order chi connectivity index (χ1) is 10.1. The van der Waals surface area contributed by atoms with E-state index in [1.807, 2.05) is 0 Å². The van der Waals surface area contributed by atoms with Gasteiger partial charge in [0.15, 0.2) is 5.76 Å². The van der Waals surface area contributed by atoms with E-state index < -0.39 is 5.97 Å². The third-order valence-corrected chi connectivity index (χ3v) is 3.54. The van der Waals surface area contributed by atoms with Gasteiger partial charge in [0.1, 0.15) is 0 Å².